The lowest BCUT2D eigenvalue weighted by atomic mass is 9.97. The van der Waals surface area contributed by atoms with Crippen LogP contribution in [0.15, 0.2) is 65.1 Å². The lowest BCUT2D eigenvalue weighted by molar-refractivity contribution is -0.128. The highest BCUT2D eigenvalue weighted by molar-refractivity contribution is 8.01. The predicted octanol–water partition coefficient (Wildman–Crippen LogP) is 5.65. The topological polar surface area (TPSA) is 49.4 Å². The molecule has 1 aliphatic carbocycles. The molecule has 5 heteroatoms. The van der Waals surface area contributed by atoms with Crippen molar-refractivity contribution in [1.29, 1.82) is 0 Å². The summed E-state index contributed by atoms with van der Waals surface area (Å²) in [5, 5.41) is 2.65. The highest BCUT2D eigenvalue weighted by Gasteiger charge is 2.39. The number of rotatable bonds is 7. The summed E-state index contributed by atoms with van der Waals surface area (Å²) in [4.78, 5) is 29.4. The van der Waals surface area contributed by atoms with Crippen molar-refractivity contribution in [1.82, 2.24) is 5.32 Å². The van der Waals surface area contributed by atoms with Crippen LogP contribution in [0, 0.1) is 12.8 Å². The fourth-order valence-corrected chi connectivity index (χ4v) is 5.66. The highest BCUT2D eigenvalue weighted by Crippen LogP contribution is 2.42. The number of nitrogens with one attached hydrogen (secondary N) is 1. The monoisotopic (exact) mass is 448 g/mol. The number of carbonyl (C=O) groups is 2. The SMILES string of the molecule is Cc1ccc(CN2C(=O)[C@H]([C@H](C)C(=O)NCCC3=CCCCC3)Sc3ccccc32)cc1. The summed E-state index contributed by atoms with van der Waals surface area (Å²) >= 11 is 1.52. The summed E-state index contributed by atoms with van der Waals surface area (Å²) < 4.78 is 0. The van der Waals surface area contributed by atoms with Gasteiger partial charge < -0.3 is 10.2 Å². The largest absolute Gasteiger partial charge is 0.356 e. The van der Waals surface area contributed by atoms with Gasteiger partial charge in [-0.15, -0.1) is 11.8 Å². The van der Waals surface area contributed by atoms with Crippen LogP contribution >= 0.6 is 11.8 Å². The molecule has 32 heavy (non-hydrogen) atoms. The summed E-state index contributed by atoms with van der Waals surface area (Å²) in [5.74, 6) is -0.435. The Morgan fingerprint density at radius 2 is 1.94 bits per heavy atom. The van der Waals surface area contributed by atoms with Gasteiger partial charge in [0.15, 0.2) is 0 Å². The van der Waals surface area contributed by atoms with Gasteiger partial charge in [0.2, 0.25) is 11.8 Å². The van der Waals surface area contributed by atoms with E-state index in [-0.39, 0.29) is 11.8 Å². The maximum Gasteiger partial charge on any atom is 0.241 e. The van der Waals surface area contributed by atoms with Gasteiger partial charge in [-0.2, -0.15) is 0 Å². The van der Waals surface area contributed by atoms with Gasteiger partial charge in [0.1, 0.15) is 5.25 Å². The van der Waals surface area contributed by atoms with E-state index < -0.39 is 11.2 Å². The van der Waals surface area contributed by atoms with Crippen molar-refractivity contribution in [3.8, 4) is 0 Å². The average molecular weight is 449 g/mol. The Morgan fingerprint density at radius 3 is 2.69 bits per heavy atom. The van der Waals surface area contributed by atoms with E-state index >= 15 is 0 Å². The molecule has 1 aliphatic heterocycles. The Morgan fingerprint density at radius 1 is 1.16 bits per heavy atom. The molecule has 4 nitrogen and oxygen atoms in total. The molecule has 2 aliphatic rings. The van der Waals surface area contributed by atoms with Gasteiger partial charge in [-0.25, -0.2) is 0 Å². The fourth-order valence-electron chi connectivity index (χ4n) is 4.37. The standard InChI is InChI=1S/C27H32N2O2S/c1-19-12-14-22(15-13-19)18-29-23-10-6-7-11-24(23)32-25(27(29)31)20(2)26(30)28-17-16-21-8-4-3-5-9-21/h6-8,10-15,20,25H,3-5,9,16-18H2,1-2H3,(H,28,30)/t20-,25-/m0/s1. The van der Waals surface area contributed by atoms with Gasteiger partial charge in [0, 0.05) is 11.4 Å². The third-order valence-electron chi connectivity index (χ3n) is 6.38. The Bertz CT molecular complexity index is 999. The zero-order chi connectivity index (χ0) is 22.5. The molecule has 2 aromatic carbocycles. The minimum atomic E-state index is -0.427. The number of thioether (sulfide) groups is 1. The van der Waals surface area contributed by atoms with Crippen LogP contribution in [0.25, 0.3) is 0 Å². The van der Waals surface area contributed by atoms with Crippen molar-refractivity contribution >= 4 is 29.3 Å². The summed E-state index contributed by atoms with van der Waals surface area (Å²) in [6, 6.07) is 16.3. The van der Waals surface area contributed by atoms with Crippen LogP contribution in [0.4, 0.5) is 5.69 Å². The lowest BCUT2D eigenvalue weighted by Gasteiger charge is -2.35. The second-order valence-corrected chi connectivity index (χ2v) is 10.0. The normalized spacial score (nSPS) is 19.2. The molecule has 0 spiro atoms. The van der Waals surface area contributed by atoms with Gasteiger partial charge >= 0.3 is 0 Å². The number of benzene rings is 2. The van der Waals surface area contributed by atoms with Crippen molar-refractivity contribution in [2.24, 2.45) is 5.92 Å². The van der Waals surface area contributed by atoms with Crippen LogP contribution in [-0.4, -0.2) is 23.6 Å². The first-order valence-electron chi connectivity index (χ1n) is 11.6. The van der Waals surface area contributed by atoms with E-state index in [1.165, 1.54) is 35.7 Å². The molecular formula is C27H32N2O2S. The molecule has 0 radical (unpaired) electrons. The van der Waals surface area contributed by atoms with E-state index in [0.717, 1.165) is 35.4 Å². The molecule has 0 bridgehead atoms. The van der Waals surface area contributed by atoms with Gasteiger partial charge in [0.25, 0.3) is 0 Å². The zero-order valence-electron chi connectivity index (χ0n) is 19.0. The molecule has 168 valence electrons. The van der Waals surface area contributed by atoms with Crippen molar-refractivity contribution in [3.63, 3.8) is 0 Å². The van der Waals surface area contributed by atoms with Crippen molar-refractivity contribution in [2.75, 3.05) is 11.4 Å². The molecule has 1 N–H and O–H groups in total. The Hall–Kier alpha value is -2.53. The zero-order valence-corrected chi connectivity index (χ0v) is 19.8. The van der Waals surface area contributed by atoms with Gasteiger partial charge in [-0.1, -0.05) is 60.5 Å². The van der Waals surface area contributed by atoms with E-state index in [0.29, 0.717) is 13.1 Å². The summed E-state index contributed by atoms with van der Waals surface area (Å²) in [5.41, 5.74) is 4.66. The smallest absolute Gasteiger partial charge is 0.241 e. The van der Waals surface area contributed by atoms with E-state index in [9.17, 15) is 9.59 Å². The molecule has 2 amide bonds. The van der Waals surface area contributed by atoms with Crippen molar-refractivity contribution in [3.05, 3.63) is 71.3 Å². The van der Waals surface area contributed by atoms with Crippen LogP contribution in [0.2, 0.25) is 0 Å². The van der Waals surface area contributed by atoms with Gasteiger partial charge in [-0.3, -0.25) is 9.59 Å². The molecule has 1 heterocycles. The Labute approximate surface area is 195 Å². The minimum Gasteiger partial charge on any atom is -0.356 e. The van der Waals surface area contributed by atoms with Gasteiger partial charge in [0.05, 0.1) is 18.2 Å². The first-order valence-corrected chi connectivity index (χ1v) is 12.5. The van der Waals surface area contributed by atoms with Crippen LogP contribution in [0.5, 0.6) is 0 Å². The predicted molar refractivity (Wildman–Crippen MR) is 132 cm³/mol. The Kier molecular flexibility index (Phi) is 7.36. The van der Waals surface area contributed by atoms with E-state index in [1.54, 1.807) is 0 Å². The van der Waals surface area contributed by atoms with E-state index in [1.807, 2.05) is 36.1 Å². The number of hydrogen-bond donors (Lipinski definition) is 1. The third-order valence-corrected chi connectivity index (χ3v) is 7.84. The summed E-state index contributed by atoms with van der Waals surface area (Å²) in [7, 11) is 0. The van der Waals surface area contributed by atoms with Gasteiger partial charge in [-0.05, 0) is 56.7 Å². The van der Waals surface area contributed by atoms with Crippen LogP contribution < -0.4 is 10.2 Å². The maximum atomic E-state index is 13.5. The highest BCUT2D eigenvalue weighted by atomic mass is 32.2. The summed E-state index contributed by atoms with van der Waals surface area (Å²) in [6.07, 6.45) is 8.05. The molecule has 0 fully saturated rings. The first kappa shape index (κ1) is 22.7. The molecular weight excluding hydrogens is 416 g/mol. The molecule has 0 saturated carbocycles. The number of hydrogen-bond acceptors (Lipinski definition) is 3. The minimum absolute atomic E-state index is 0.00640. The summed E-state index contributed by atoms with van der Waals surface area (Å²) in [6.45, 7) is 5.09. The molecule has 0 saturated heterocycles. The number of fused-ring (bicyclic) bond motifs is 1. The average Bonchev–Trinajstić information content (AvgIpc) is 2.82. The number of para-hydroxylation sites is 1. The number of amides is 2. The van der Waals surface area contributed by atoms with E-state index in [4.69, 9.17) is 0 Å². The van der Waals surface area contributed by atoms with E-state index in [2.05, 4.69) is 42.6 Å². The second kappa shape index (κ2) is 10.4. The Balaban J connectivity index is 1.46. The number of carbonyl (C=O) groups excluding carboxylic acids is 2. The van der Waals surface area contributed by atoms with Crippen LogP contribution in [-0.2, 0) is 16.1 Å². The molecule has 2 aromatic rings. The number of aryl methyl sites for hydroxylation is 1. The molecule has 2 atom stereocenters. The number of nitrogens with zero attached hydrogens (tertiary/aromatic N) is 1. The number of anilines is 1. The van der Waals surface area contributed by atoms with Crippen LogP contribution in [0.1, 0.15) is 50.2 Å². The maximum absolute atomic E-state index is 13.5. The molecule has 0 aromatic heterocycles. The molecule has 0 unspecified atom stereocenters. The molecule has 4 rings (SSSR count). The third kappa shape index (κ3) is 5.26. The second-order valence-electron chi connectivity index (χ2n) is 8.85. The lowest BCUT2D eigenvalue weighted by Crippen LogP contribution is -2.47. The van der Waals surface area contributed by atoms with Crippen molar-refractivity contribution < 1.29 is 9.59 Å². The quantitative estimate of drug-likeness (QED) is 0.557. The van der Waals surface area contributed by atoms with Crippen LogP contribution in [0.3, 0.4) is 0 Å². The first-order chi connectivity index (χ1) is 15.5. The number of allylic oxidation sites excluding steroid dienone is 1. The van der Waals surface area contributed by atoms with Crippen molar-refractivity contribution in [2.45, 2.75) is 62.6 Å². The fraction of sp³-hybridized carbons (Fsp3) is 0.407.